The number of hydrogen-bond acceptors (Lipinski definition) is 0. The zero-order valence-corrected chi connectivity index (χ0v) is 14.6. The van der Waals surface area contributed by atoms with Crippen LogP contribution in [0, 0.1) is 0 Å². The van der Waals surface area contributed by atoms with Crippen LogP contribution in [0.15, 0.2) is 0 Å². The van der Waals surface area contributed by atoms with Crippen molar-refractivity contribution in [2.45, 2.75) is 0 Å². The summed E-state index contributed by atoms with van der Waals surface area (Å²) in [5, 5.41) is 0. The van der Waals surface area contributed by atoms with Gasteiger partial charge in [0.1, 0.15) is 0 Å². The van der Waals surface area contributed by atoms with Crippen LogP contribution in [0.25, 0.3) is 0 Å². The predicted molar refractivity (Wildman–Crippen MR) is 5.75 cm³/mol. The average molecular weight is 460 g/mol. The molecule has 0 nitrogen and oxygen atoms in total. The Labute approximate surface area is 156 Å². The fourth-order valence-corrected chi connectivity index (χ4v) is 0. The molecule has 0 amide bonds. The Morgan fingerprint density at radius 1 is 0.600 bits per heavy atom. The van der Waals surface area contributed by atoms with Crippen molar-refractivity contribution >= 4 is 37.7 Å². The topological polar surface area (TPSA) is 0 Å². The Hall–Kier alpha value is 5.09. The quantitative estimate of drug-likeness (QED) is 0.249. The fourth-order valence-electron chi connectivity index (χ4n) is 0. The van der Waals surface area contributed by atoms with Crippen molar-refractivity contribution in [2.24, 2.45) is 0 Å². The summed E-state index contributed by atoms with van der Waals surface area (Å²) in [4.78, 5) is 0. The molecule has 0 heterocycles. The van der Waals surface area contributed by atoms with Crippen LogP contribution in [0.4, 0.5) is 0 Å². The average Bonchev–Trinajstić information content (AvgIpc) is 0. The smallest absolute Gasteiger partial charge is 1.00 e. The van der Waals surface area contributed by atoms with E-state index in [1.165, 1.54) is 0 Å². The first-order chi connectivity index (χ1) is 0. The van der Waals surface area contributed by atoms with E-state index in [-0.39, 0.29) is 161 Å². The molecule has 0 saturated carbocycles. The Bertz CT molecular complexity index is 6.85. The van der Waals surface area contributed by atoms with Gasteiger partial charge >= 0.3 is 89.1 Å². The molecule has 0 aromatic heterocycles. The maximum absolute atomic E-state index is 0. The second kappa shape index (κ2) is 23.0. The van der Waals surface area contributed by atoms with Crippen LogP contribution < -0.4 is 123 Å². The van der Waals surface area contributed by atoms with E-state index in [9.17, 15) is 0 Å². The first kappa shape index (κ1) is 32.2. The summed E-state index contributed by atoms with van der Waals surface area (Å²) in [5.41, 5.74) is 0. The predicted octanol–water partition coefficient (Wildman–Crippen LogP) is -12.4. The van der Waals surface area contributed by atoms with Crippen LogP contribution in [-0.4, -0.2) is 37.7 Å². The van der Waals surface area contributed by atoms with E-state index in [4.69, 9.17) is 0 Å². The van der Waals surface area contributed by atoms with Crippen molar-refractivity contribution in [1.82, 2.24) is 0 Å². The molecule has 5 heteroatoms. The van der Waals surface area contributed by atoms with Crippen molar-refractivity contribution in [2.75, 3.05) is 0 Å². The van der Waals surface area contributed by atoms with E-state index >= 15 is 0 Å². The fraction of sp³-hybridized carbons (Fsp3) is 0. The molecular formula is CaI3K. The van der Waals surface area contributed by atoms with Crippen molar-refractivity contribution < 1.29 is 123 Å². The molecule has 0 spiro atoms. The van der Waals surface area contributed by atoms with Gasteiger partial charge in [0.05, 0.1) is 0 Å². The van der Waals surface area contributed by atoms with Crippen LogP contribution in [0.2, 0.25) is 0 Å². The molecule has 0 aromatic rings. The first-order valence-corrected chi connectivity index (χ1v) is 0. The van der Waals surface area contributed by atoms with E-state index in [1.54, 1.807) is 0 Å². The van der Waals surface area contributed by atoms with Crippen LogP contribution in [-0.2, 0) is 0 Å². The van der Waals surface area contributed by atoms with E-state index in [0.29, 0.717) is 0 Å². The second-order valence-corrected chi connectivity index (χ2v) is 0. The summed E-state index contributed by atoms with van der Waals surface area (Å²) in [7, 11) is 0. The van der Waals surface area contributed by atoms with Crippen molar-refractivity contribution in [3.8, 4) is 0 Å². The molecule has 0 aromatic carbocycles. The normalized spacial score (nSPS) is 0. The van der Waals surface area contributed by atoms with E-state index in [1.807, 2.05) is 0 Å². The number of hydrogen-bond donors (Lipinski definition) is 0. The molecule has 0 fully saturated rings. The Morgan fingerprint density at radius 2 is 0.600 bits per heavy atom. The molecule has 0 radical (unpaired) electrons. The molecule has 0 saturated heterocycles. The summed E-state index contributed by atoms with van der Waals surface area (Å²) in [6.07, 6.45) is 0. The number of rotatable bonds is 0. The van der Waals surface area contributed by atoms with Gasteiger partial charge in [-0.05, 0) is 0 Å². The molecule has 0 rings (SSSR count). The van der Waals surface area contributed by atoms with Gasteiger partial charge in [0.25, 0.3) is 0 Å². The Morgan fingerprint density at radius 3 is 0.600 bits per heavy atom. The van der Waals surface area contributed by atoms with Gasteiger partial charge in [-0.1, -0.05) is 0 Å². The molecule has 0 N–H and O–H groups in total. The Balaban J connectivity index is 0. The standard InChI is InChI=1S/Ca.3HI.K/h;3*1H;/q+2;;;;+1/p-3. The maximum Gasteiger partial charge on any atom is 2.00 e. The summed E-state index contributed by atoms with van der Waals surface area (Å²) >= 11 is 0. The zero-order valence-electron chi connectivity index (χ0n) is 2.84. The van der Waals surface area contributed by atoms with E-state index < -0.39 is 0 Å². The Kier molecular flexibility index (Phi) is 148. The third-order valence-electron chi connectivity index (χ3n) is 0. The second-order valence-electron chi connectivity index (χ2n) is 0. The third-order valence-corrected chi connectivity index (χ3v) is 0. The van der Waals surface area contributed by atoms with Crippen molar-refractivity contribution in [1.29, 1.82) is 0 Å². The van der Waals surface area contributed by atoms with Gasteiger partial charge in [0.2, 0.25) is 0 Å². The first-order valence-electron chi connectivity index (χ1n) is 0. The molecule has 0 unspecified atom stereocenters. The summed E-state index contributed by atoms with van der Waals surface area (Å²) in [6.45, 7) is 0. The molecular weight excluding hydrogens is 460 g/mol. The minimum atomic E-state index is 0. The van der Waals surface area contributed by atoms with Crippen molar-refractivity contribution in [3.05, 3.63) is 0 Å². The molecule has 24 valence electrons. The monoisotopic (exact) mass is 460 g/mol. The van der Waals surface area contributed by atoms with Gasteiger partial charge in [0.15, 0.2) is 0 Å². The maximum atomic E-state index is 0. The zero-order chi connectivity index (χ0) is 0. The van der Waals surface area contributed by atoms with Gasteiger partial charge in [0, 0.05) is 0 Å². The molecule has 0 aliphatic heterocycles. The summed E-state index contributed by atoms with van der Waals surface area (Å²) in [6, 6.07) is 0. The number of halogens is 3. The van der Waals surface area contributed by atoms with Gasteiger partial charge in [-0.15, -0.1) is 0 Å². The largest absolute Gasteiger partial charge is 2.00 e. The summed E-state index contributed by atoms with van der Waals surface area (Å²) < 4.78 is 0. The molecule has 0 aliphatic carbocycles. The SMILES string of the molecule is [Ca+2].[I-].[I-].[I-].[K+]. The molecule has 0 aliphatic rings. The molecule has 5 heavy (non-hydrogen) atoms. The minimum Gasteiger partial charge on any atom is -1.00 e. The van der Waals surface area contributed by atoms with Crippen LogP contribution in [0.1, 0.15) is 0 Å². The van der Waals surface area contributed by atoms with Crippen LogP contribution >= 0.6 is 0 Å². The van der Waals surface area contributed by atoms with E-state index in [2.05, 4.69) is 0 Å². The van der Waals surface area contributed by atoms with Crippen molar-refractivity contribution in [3.63, 3.8) is 0 Å². The molecule has 0 atom stereocenters. The van der Waals surface area contributed by atoms with Gasteiger partial charge in [-0.2, -0.15) is 0 Å². The van der Waals surface area contributed by atoms with Gasteiger partial charge in [-0.25, -0.2) is 0 Å². The van der Waals surface area contributed by atoms with Gasteiger partial charge in [-0.3, -0.25) is 0 Å². The van der Waals surface area contributed by atoms with Crippen LogP contribution in [0.5, 0.6) is 0 Å². The third kappa shape index (κ3) is 17.6. The van der Waals surface area contributed by atoms with E-state index in [0.717, 1.165) is 0 Å². The minimum absolute atomic E-state index is 0. The summed E-state index contributed by atoms with van der Waals surface area (Å²) in [5.74, 6) is 0. The van der Waals surface area contributed by atoms with Crippen LogP contribution in [0.3, 0.4) is 0 Å². The molecule has 0 bridgehead atoms. The van der Waals surface area contributed by atoms with Gasteiger partial charge < -0.3 is 71.9 Å².